The third kappa shape index (κ3) is 12.8. The van der Waals surface area contributed by atoms with Gasteiger partial charge in [-0.3, -0.25) is 14.5 Å². The molecule has 392 valence electrons. The van der Waals surface area contributed by atoms with Gasteiger partial charge in [-0.2, -0.15) is 0 Å². The van der Waals surface area contributed by atoms with Crippen molar-refractivity contribution in [2.75, 3.05) is 20.3 Å². The largest absolute Gasteiger partial charge is 0.497 e. The lowest BCUT2D eigenvalue weighted by atomic mass is 9.93. The molecule has 0 aliphatic carbocycles. The van der Waals surface area contributed by atoms with E-state index in [1.807, 2.05) is 152 Å². The zero-order chi connectivity index (χ0) is 52.1. The van der Waals surface area contributed by atoms with Crippen LogP contribution in [0.3, 0.4) is 0 Å². The van der Waals surface area contributed by atoms with Crippen LogP contribution in [0.1, 0.15) is 48.5 Å². The topological polar surface area (TPSA) is 150 Å². The Morgan fingerprint density at radius 1 is 0.434 bits per heavy atom. The number of hydrogen-bond acceptors (Lipinski definition) is 13. The molecule has 7 aromatic carbocycles. The fraction of sp³-hybridized carbons (Fsp3) is 0.290. The number of imide groups is 1. The molecule has 2 fully saturated rings. The van der Waals surface area contributed by atoms with Crippen molar-refractivity contribution in [1.82, 2.24) is 4.90 Å². The van der Waals surface area contributed by atoms with Crippen LogP contribution in [-0.2, 0) is 70.9 Å². The van der Waals surface area contributed by atoms with E-state index in [-0.39, 0.29) is 57.4 Å². The fourth-order valence-electron chi connectivity index (χ4n) is 9.74. The number of aliphatic hydroxyl groups excluding tert-OH is 1. The van der Waals surface area contributed by atoms with Crippen LogP contribution in [0.2, 0.25) is 0 Å². The zero-order valence-corrected chi connectivity index (χ0v) is 42.1. The lowest BCUT2D eigenvalue weighted by molar-refractivity contribution is -0.358. The summed E-state index contributed by atoms with van der Waals surface area (Å²) < 4.78 is 66.7. The van der Waals surface area contributed by atoms with Crippen LogP contribution < -0.4 is 9.47 Å². The Morgan fingerprint density at radius 2 is 0.816 bits per heavy atom. The molecule has 2 amide bonds. The quantitative estimate of drug-likeness (QED) is 0.0608. The second kappa shape index (κ2) is 25.6. The number of methoxy groups -OCH3 is 1. The smallest absolute Gasteiger partial charge is 0.262 e. The minimum absolute atomic E-state index is 0.0140. The van der Waals surface area contributed by atoms with Crippen molar-refractivity contribution in [2.45, 2.75) is 94.4 Å². The first-order valence-electron chi connectivity index (χ1n) is 25.5. The van der Waals surface area contributed by atoms with E-state index >= 15 is 0 Å². The molecular weight excluding hydrogens is 967 g/mol. The summed E-state index contributed by atoms with van der Waals surface area (Å²) in [6, 6.07) is 60.6. The summed E-state index contributed by atoms with van der Waals surface area (Å²) in [5, 5.41) is 12.8. The van der Waals surface area contributed by atoms with Gasteiger partial charge < -0.3 is 52.5 Å². The van der Waals surface area contributed by atoms with E-state index in [4.69, 9.17) is 47.4 Å². The van der Waals surface area contributed by atoms with E-state index in [1.165, 1.54) is 0 Å². The molecule has 10 rings (SSSR count). The molecule has 0 radical (unpaired) electrons. The van der Waals surface area contributed by atoms with E-state index in [0.717, 1.165) is 32.7 Å². The van der Waals surface area contributed by atoms with Crippen LogP contribution in [0.4, 0.5) is 0 Å². The average molecular weight is 1030 g/mol. The van der Waals surface area contributed by atoms with Gasteiger partial charge in [0.2, 0.25) is 6.29 Å². The van der Waals surface area contributed by atoms with E-state index in [0.29, 0.717) is 11.5 Å². The van der Waals surface area contributed by atoms with Crippen molar-refractivity contribution < 1.29 is 62.1 Å². The SMILES string of the molecule is COc1ccc(O[C@@H]2O[C@H](COCc3ccccc3)[C@@H](O[C@@H]3O[C@H](COCc4ccccc4)[C@@H](OCc4ccccc4)[C@H](OCc4ccccc4)[C@@H]3O)[C@H](OCc3ccccc3)[C@H]2N2C(=O)c3ccccc3C2=O)cc1. The highest BCUT2D eigenvalue weighted by atomic mass is 16.7. The van der Waals surface area contributed by atoms with Crippen molar-refractivity contribution in [3.8, 4) is 11.5 Å². The number of hydrogen-bond donors (Lipinski definition) is 1. The highest BCUT2D eigenvalue weighted by molar-refractivity contribution is 6.21. The second-order valence-electron chi connectivity index (χ2n) is 18.8. The molecular formula is C62H61NO13. The number of carbonyl (C=O) groups is 2. The van der Waals surface area contributed by atoms with Crippen LogP contribution in [0, 0.1) is 0 Å². The zero-order valence-electron chi connectivity index (χ0n) is 42.1. The fourth-order valence-corrected chi connectivity index (χ4v) is 9.74. The maximum Gasteiger partial charge on any atom is 0.262 e. The maximum atomic E-state index is 14.8. The van der Waals surface area contributed by atoms with Crippen LogP contribution in [0.15, 0.2) is 200 Å². The summed E-state index contributed by atoms with van der Waals surface area (Å²) in [5.41, 5.74) is 4.87. The molecule has 10 atom stereocenters. The summed E-state index contributed by atoms with van der Waals surface area (Å²) in [6.45, 7) is 0.701. The number of carbonyl (C=O) groups excluding carboxylic acids is 2. The lowest BCUT2D eigenvalue weighted by Gasteiger charge is -2.50. The van der Waals surface area contributed by atoms with Gasteiger partial charge in [0.15, 0.2) is 6.29 Å². The van der Waals surface area contributed by atoms with E-state index in [2.05, 4.69) is 0 Å². The Morgan fingerprint density at radius 3 is 1.28 bits per heavy atom. The van der Waals surface area contributed by atoms with Gasteiger partial charge in [-0.15, -0.1) is 0 Å². The number of amides is 2. The van der Waals surface area contributed by atoms with Crippen molar-refractivity contribution in [3.05, 3.63) is 239 Å². The number of aliphatic hydroxyl groups is 1. The van der Waals surface area contributed by atoms with Gasteiger partial charge >= 0.3 is 0 Å². The minimum Gasteiger partial charge on any atom is -0.497 e. The second-order valence-corrected chi connectivity index (χ2v) is 18.8. The highest BCUT2D eigenvalue weighted by Crippen LogP contribution is 2.39. The number of nitrogens with zero attached hydrogens (tertiary/aromatic N) is 1. The molecule has 1 N–H and O–H groups in total. The molecule has 3 aliphatic rings. The molecule has 7 aromatic rings. The number of fused-ring (bicyclic) bond motifs is 1. The number of ether oxygens (including phenoxy) is 10. The monoisotopic (exact) mass is 1030 g/mol. The Balaban J connectivity index is 1.05. The van der Waals surface area contributed by atoms with Crippen LogP contribution in [0.5, 0.6) is 11.5 Å². The van der Waals surface area contributed by atoms with Crippen LogP contribution >= 0.6 is 0 Å². The summed E-state index contributed by atoms with van der Waals surface area (Å²) in [4.78, 5) is 30.7. The normalized spacial score (nSPS) is 24.3. The highest BCUT2D eigenvalue weighted by Gasteiger charge is 2.58. The van der Waals surface area contributed by atoms with Crippen LogP contribution in [0.25, 0.3) is 0 Å². The Bertz CT molecular complexity index is 2870. The van der Waals surface area contributed by atoms with Gasteiger partial charge in [0, 0.05) is 0 Å². The number of rotatable bonds is 23. The molecule has 0 unspecified atom stereocenters. The molecule has 0 aromatic heterocycles. The van der Waals surface area contributed by atoms with E-state index < -0.39 is 73.2 Å². The molecule has 0 spiro atoms. The van der Waals surface area contributed by atoms with E-state index in [1.54, 1.807) is 55.6 Å². The minimum atomic E-state index is -1.50. The average Bonchev–Trinajstić information content (AvgIpc) is 3.75. The molecule has 76 heavy (non-hydrogen) atoms. The summed E-state index contributed by atoms with van der Waals surface area (Å²) in [6.07, 6.45) is -10.6. The van der Waals surface area contributed by atoms with Crippen molar-refractivity contribution in [1.29, 1.82) is 0 Å². The lowest BCUT2D eigenvalue weighted by Crippen LogP contribution is -2.69. The van der Waals surface area contributed by atoms with Gasteiger partial charge in [-0.1, -0.05) is 164 Å². The predicted molar refractivity (Wildman–Crippen MR) is 280 cm³/mol. The van der Waals surface area contributed by atoms with E-state index in [9.17, 15) is 14.7 Å². The molecule has 2 saturated heterocycles. The molecule has 14 heteroatoms. The van der Waals surface area contributed by atoms with Crippen molar-refractivity contribution in [2.24, 2.45) is 0 Å². The first kappa shape index (κ1) is 52.4. The summed E-state index contributed by atoms with van der Waals surface area (Å²) >= 11 is 0. The van der Waals surface area contributed by atoms with Gasteiger partial charge in [-0.05, 0) is 64.2 Å². The van der Waals surface area contributed by atoms with Gasteiger partial charge in [0.1, 0.15) is 60.3 Å². The third-order valence-electron chi connectivity index (χ3n) is 13.6. The predicted octanol–water partition coefficient (Wildman–Crippen LogP) is 9.12. The van der Waals surface area contributed by atoms with Crippen LogP contribution in [-0.4, -0.2) is 103 Å². The third-order valence-corrected chi connectivity index (χ3v) is 13.6. The van der Waals surface area contributed by atoms with Crippen molar-refractivity contribution in [3.63, 3.8) is 0 Å². The van der Waals surface area contributed by atoms with Crippen molar-refractivity contribution >= 4 is 11.8 Å². The van der Waals surface area contributed by atoms with Gasteiger partial charge in [0.25, 0.3) is 11.8 Å². The van der Waals surface area contributed by atoms with Gasteiger partial charge in [0.05, 0.1) is 64.5 Å². The Kier molecular flexibility index (Phi) is 17.7. The molecule has 3 heterocycles. The first-order valence-corrected chi connectivity index (χ1v) is 25.5. The Hall–Kier alpha value is -7.08. The first-order chi connectivity index (χ1) is 37.4. The summed E-state index contributed by atoms with van der Waals surface area (Å²) in [5.74, 6) is -0.185. The standard InChI is InChI=1S/C62H61NO13/c1-67-47-31-33-48(34-32-47)73-61-53(63-59(65)49-29-17-18-30-50(49)60(63)66)57(71-38-45-25-13-5-14-26-45)56(52(74-61)41-69-36-43-21-9-3-10-22-43)76-62-54(64)58(72-39-46-27-15-6-16-28-46)55(70-37-44-23-11-4-12-24-44)51(75-62)40-68-35-42-19-7-2-8-20-42/h2-34,51-58,61-62,64H,35-41H2,1H3/t51-,52-,53-,54+,55-,56-,57-,58-,61-,62+/m1/s1. The maximum absolute atomic E-state index is 14.8. The molecule has 0 bridgehead atoms. The molecule has 14 nitrogen and oxygen atoms in total. The summed E-state index contributed by atoms with van der Waals surface area (Å²) in [7, 11) is 1.57. The molecule has 0 saturated carbocycles. The van der Waals surface area contributed by atoms with Gasteiger partial charge in [-0.25, -0.2) is 0 Å². The number of benzene rings is 7. The Labute approximate surface area is 442 Å². The molecule has 3 aliphatic heterocycles.